The molecule has 98 valence electrons. The zero-order valence-corrected chi connectivity index (χ0v) is 9.99. The fraction of sp³-hybridized carbons (Fsp3) is 0.0714. The second-order valence-electron chi connectivity index (χ2n) is 4.08. The van der Waals surface area contributed by atoms with Crippen molar-refractivity contribution in [2.45, 2.75) is 6.42 Å². The summed E-state index contributed by atoms with van der Waals surface area (Å²) in [5.74, 6) is -1.87. The molecule has 5 heteroatoms. The van der Waals surface area contributed by atoms with Gasteiger partial charge < -0.3 is 11.1 Å². The van der Waals surface area contributed by atoms with E-state index in [0.29, 0.717) is 11.3 Å². The molecule has 2 aromatic carbocycles. The molecule has 0 unspecified atom stereocenters. The molecule has 2 aromatic rings. The van der Waals surface area contributed by atoms with E-state index < -0.39 is 11.6 Å². The van der Waals surface area contributed by atoms with Gasteiger partial charge in [-0.2, -0.15) is 0 Å². The van der Waals surface area contributed by atoms with Gasteiger partial charge in [0.2, 0.25) is 5.91 Å². The highest BCUT2D eigenvalue weighted by Gasteiger charge is 2.08. The number of carbonyl (C=O) groups is 1. The Morgan fingerprint density at radius 2 is 1.74 bits per heavy atom. The Bertz CT molecular complexity index is 594. The predicted octanol–water partition coefficient (Wildman–Crippen LogP) is 2.73. The molecule has 0 atom stereocenters. The minimum Gasteiger partial charge on any atom is -0.398 e. The number of halogens is 2. The molecule has 0 saturated heterocycles. The first-order valence-electron chi connectivity index (χ1n) is 5.64. The van der Waals surface area contributed by atoms with E-state index in [-0.39, 0.29) is 18.0 Å². The number of benzene rings is 2. The molecule has 0 heterocycles. The Hall–Kier alpha value is -2.43. The van der Waals surface area contributed by atoms with E-state index in [2.05, 4.69) is 5.32 Å². The van der Waals surface area contributed by atoms with Gasteiger partial charge in [0.25, 0.3) is 0 Å². The number of rotatable bonds is 3. The number of amides is 1. The van der Waals surface area contributed by atoms with Crippen LogP contribution in [0.1, 0.15) is 5.56 Å². The number of carbonyl (C=O) groups excluding carboxylic acids is 1. The third-order valence-electron chi connectivity index (χ3n) is 2.55. The molecule has 0 aliphatic carbocycles. The van der Waals surface area contributed by atoms with Gasteiger partial charge in [0.1, 0.15) is 11.6 Å². The number of hydrogen-bond acceptors (Lipinski definition) is 2. The average Bonchev–Trinajstić information content (AvgIpc) is 2.30. The molecule has 0 aliphatic heterocycles. The van der Waals surface area contributed by atoms with E-state index in [1.165, 1.54) is 0 Å². The van der Waals surface area contributed by atoms with Crippen molar-refractivity contribution in [3.8, 4) is 0 Å². The zero-order chi connectivity index (χ0) is 13.8. The molecular formula is C14H12F2N2O. The second kappa shape index (κ2) is 5.48. The summed E-state index contributed by atoms with van der Waals surface area (Å²) in [7, 11) is 0. The van der Waals surface area contributed by atoms with Crippen LogP contribution >= 0.6 is 0 Å². The first-order valence-corrected chi connectivity index (χ1v) is 5.64. The summed E-state index contributed by atoms with van der Waals surface area (Å²) in [4.78, 5) is 11.7. The van der Waals surface area contributed by atoms with Crippen LogP contribution in [-0.4, -0.2) is 5.91 Å². The maximum absolute atomic E-state index is 13.0. The van der Waals surface area contributed by atoms with Crippen LogP contribution in [0.3, 0.4) is 0 Å². The lowest BCUT2D eigenvalue weighted by atomic mass is 10.1. The van der Waals surface area contributed by atoms with Crippen LogP contribution in [0.2, 0.25) is 0 Å². The van der Waals surface area contributed by atoms with E-state index in [0.717, 1.165) is 18.2 Å². The van der Waals surface area contributed by atoms with E-state index in [4.69, 9.17) is 5.73 Å². The third kappa shape index (κ3) is 3.51. The molecule has 0 bridgehead atoms. The largest absolute Gasteiger partial charge is 0.398 e. The van der Waals surface area contributed by atoms with Gasteiger partial charge in [-0.1, -0.05) is 18.2 Å². The number of nitrogens with one attached hydrogen (secondary N) is 1. The fourth-order valence-corrected chi connectivity index (χ4v) is 1.70. The minimum atomic E-state index is -0.741. The van der Waals surface area contributed by atoms with E-state index >= 15 is 0 Å². The van der Waals surface area contributed by atoms with Gasteiger partial charge in [0.15, 0.2) is 0 Å². The molecule has 3 nitrogen and oxygen atoms in total. The average molecular weight is 262 g/mol. The maximum Gasteiger partial charge on any atom is 0.228 e. The number of nitrogen functional groups attached to an aromatic ring is 1. The van der Waals surface area contributed by atoms with Crippen molar-refractivity contribution < 1.29 is 13.6 Å². The number of hydrogen-bond donors (Lipinski definition) is 2. The summed E-state index contributed by atoms with van der Waals surface area (Å²) in [6.45, 7) is 0. The third-order valence-corrected chi connectivity index (χ3v) is 2.55. The molecule has 0 spiro atoms. The van der Waals surface area contributed by atoms with Crippen LogP contribution in [0.4, 0.5) is 20.2 Å². The number of para-hydroxylation sites is 1. The monoisotopic (exact) mass is 262 g/mol. The Kier molecular flexibility index (Phi) is 3.75. The zero-order valence-electron chi connectivity index (χ0n) is 9.99. The van der Waals surface area contributed by atoms with Gasteiger partial charge in [0, 0.05) is 17.4 Å². The quantitative estimate of drug-likeness (QED) is 0.836. The van der Waals surface area contributed by atoms with Crippen LogP contribution in [0, 0.1) is 11.6 Å². The summed E-state index contributed by atoms with van der Waals surface area (Å²) in [5.41, 5.74) is 6.96. The SMILES string of the molecule is Nc1ccccc1CC(=O)Nc1cc(F)cc(F)c1. The van der Waals surface area contributed by atoms with Crippen molar-refractivity contribution in [1.29, 1.82) is 0 Å². The Balaban J connectivity index is 2.07. The lowest BCUT2D eigenvalue weighted by molar-refractivity contribution is -0.115. The predicted molar refractivity (Wildman–Crippen MR) is 69.5 cm³/mol. The molecule has 3 N–H and O–H groups in total. The lowest BCUT2D eigenvalue weighted by Gasteiger charge is -2.07. The normalized spacial score (nSPS) is 10.2. The molecule has 1 amide bonds. The summed E-state index contributed by atoms with van der Waals surface area (Å²) < 4.78 is 25.9. The molecule has 0 fully saturated rings. The van der Waals surface area contributed by atoms with Gasteiger partial charge in [-0.05, 0) is 23.8 Å². The highest BCUT2D eigenvalue weighted by atomic mass is 19.1. The van der Waals surface area contributed by atoms with Crippen LogP contribution in [0.15, 0.2) is 42.5 Å². The Morgan fingerprint density at radius 1 is 1.11 bits per heavy atom. The van der Waals surface area contributed by atoms with Crippen molar-refractivity contribution in [1.82, 2.24) is 0 Å². The first kappa shape index (κ1) is 13.0. The van der Waals surface area contributed by atoms with E-state index in [1.807, 2.05) is 0 Å². The molecule has 0 aliphatic rings. The lowest BCUT2D eigenvalue weighted by Crippen LogP contribution is -2.15. The summed E-state index contributed by atoms with van der Waals surface area (Å²) in [6, 6.07) is 9.78. The van der Waals surface area contributed by atoms with E-state index in [9.17, 15) is 13.6 Å². The molecule has 2 rings (SSSR count). The van der Waals surface area contributed by atoms with Gasteiger partial charge in [-0.3, -0.25) is 4.79 Å². The highest BCUT2D eigenvalue weighted by Crippen LogP contribution is 2.15. The molecule has 0 saturated carbocycles. The first-order chi connectivity index (χ1) is 9.04. The second-order valence-corrected chi connectivity index (χ2v) is 4.08. The van der Waals surface area contributed by atoms with Crippen LogP contribution in [0.25, 0.3) is 0 Å². The molecule has 19 heavy (non-hydrogen) atoms. The van der Waals surface area contributed by atoms with Crippen molar-refractivity contribution in [3.05, 3.63) is 59.7 Å². The summed E-state index contributed by atoms with van der Waals surface area (Å²) in [5, 5.41) is 2.42. The topological polar surface area (TPSA) is 55.1 Å². The maximum atomic E-state index is 13.0. The Labute approximate surface area is 109 Å². The van der Waals surface area contributed by atoms with Crippen LogP contribution in [0.5, 0.6) is 0 Å². The fourth-order valence-electron chi connectivity index (χ4n) is 1.70. The van der Waals surface area contributed by atoms with Gasteiger partial charge in [-0.15, -0.1) is 0 Å². The van der Waals surface area contributed by atoms with Crippen molar-refractivity contribution in [2.75, 3.05) is 11.1 Å². The van der Waals surface area contributed by atoms with Gasteiger partial charge in [-0.25, -0.2) is 8.78 Å². The standard InChI is InChI=1S/C14H12F2N2O/c15-10-6-11(16)8-12(7-10)18-14(19)5-9-3-1-2-4-13(9)17/h1-4,6-8H,5,17H2,(H,18,19). The number of anilines is 2. The Morgan fingerprint density at radius 3 is 2.37 bits per heavy atom. The van der Waals surface area contributed by atoms with Crippen molar-refractivity contribution in [2.24, 2.45) is 0 Å². The highest BCUT2D eigenvalue weighted by molar-refractivity contribution is 5.92. The smallest absolute Gasteiger partial charge is 0.228 e. The van der Waals surface area contributed by atoms with Gasteiger partial charge >= 0.3 is 0 Å². The van der Waals surface area contributed by atoms with Crippen molar-refractivity contribution in [3.63, 3.8) is 0 Å². The summed E-state index contributed by atoms with van der Waals surface area (Å²) in [6.07, 6.45) is 0.0464. The van der Waals surface area contributed by atoms with Crippen LogP contribution < -0.4 is 11.1 Å². The molecule has 0 aromatic heterocycles. The number of nitrogens with two attached hydrogens (primary N) is 1. The molecule has 0 radical (unpaired) electrons. The molecular weight excluding hydrogens is 250 g/mol. The van der Waals surface area contributed by atoms with E-state index in [1.54, 1.807) is 24.3 Å². The van der Waals surface area contributed by atoms with Crippen LogP contribution in [-0.2, 0) is 11.2 Å². The van der Waals surface area contributed by atoms with Crippen molar-refractivity contribution >= 4 is 17.3 Å². The summed E-state index contributed by atoms with van der Waals surface area (Å²) >= 11 is 0. The van der Waals surface area contributed by atoms with Gasteiger partial charge in [0.05, 0.1) is 6.42 Å². The minimum absolute atomic E-state index is 0.0464.